The van der Waals surface area contributed by atoms with E-state index in [9.17, 15) is 4.79 Å². The van der Waals surface area contributed by atoms with Gasteiger partial charge in [-0.15, -0.1) is 0 Å². The number of nitrogens with zero attached hydrogens (tertiary/aromatic N) is 2. The van der Waals surface area contributed by atoms with Gasteiger partial charge in [0.05, 0.1) is 6.61 Å². The summed E-state index contributed by atoms with van der Waals surface area (Å²) in [5, 5.41) is 0.821. The van der Waals surface area contributed by atoms with Crippen molar-refractivity contribution in [3.05, 3.63) is 24.4 Å². The van der Waals surface area contributed by atoms with E-state index in [1.54, 1.807) is 17.5 Å². The van der Waals surface area contributed by atoms with Crippen molar-refractivity contribution in [3.8, 4) is 0 Å². The molecule has 1 rings (SSSR count). The Morgan fingerprint density at radius 1 is 1.56 bits per heavy atom. The first kappa shape index (κ1) is 12.8. The molecule has 0 spiro atoms. The van der Waals surface area contributed by atoms with E-state index in [1.165, 1.54) is 11.9 Å². The predicted octanol–water partition coefficient (Wildman–Crippen LogP) is 2.07. The number of carbonyl (C=O) groups excluding carboxylic acids is 1. The molecule has 0 aromatic carbocycles. The lowest BCUT2D eigenvalue weighted by molar-refractivity contribution is 0.136. The number of pyridine rings is 1. The van der Waals surface area contributed by atoms with Crippen molar-refractivity contribution >= 4 is 18.0 Å². The van der Waals surface area contributed by atoms with Gasteiger partial charge in [0.2, 0.25) is 0 Å². The van der Waals surface area contributed by atoms with Crippen LogP contribution in [0.15, 0.2) is 29.4 Å². The average molecular weight is 241 g/mol. The van der Waals surface area contributed by atoms with Crippen molar-refractivity contribution in [1.29, 1.82) is 0 Å². The van der Waals surface area contributed by atoms with Crippen LogP contribution >= 0.6 is 11.9 Å². The number of rotatable bonds is 5. The monoisotopic (exact) mass is 241 g/mol. The van der Waals surface area contributed by atoms with Crippen LogP contribution in [0.3, 0.4) is 0 Å². The van der Waals surface area contributed by atoms with Gasteiger partial charge in [-0.25, -0.2) is 15.2 Å². The highest BCUT2D eigenvalue weighted by Gasteiger charge is 2.09. The minimum atomic E-state index is -0.451. The minimum absolute atomic E-state index is 0.359. The maximum Gasteiger partial charge on any atom is 0.422 e. The number of hydrogen-bond acceptors (Lipinski definition) is 5. The minimum Gasteiger partial charge on any atom is -0.449 e. The molecule has 5 nitrogen and oxygen atoms in total. The predicted molar refractivity (Wildman–Crippen MR) is 62.6 cm³/mol. The summed E-state index contributed by atoms with van der Waals surface area (Å²) in [5.74, 6) is 0. The summed E-state index contributed by atoms with van der Waals surface area (Å²) < 4.78 is 6.45. The van der Waals surface area contributed by atoms with Crippen molar-refractivity contribution in [2.45, 2.75) is 18.9 Å². The van der Waals surface area contributed by atoms with Crippen molar-refractivity contribution in [2.24, 2.45) is 0 Å². The highest BCUT2D eigenvalue weighted by molar-refractivity contribution is 7.96. The molecule has 6 heteroatoms. The standard InChI is InChI=1S/C10H15N3O2S/c1-3-13(12-10(14)15-4-2)16-9-7-5-6-8-11-9/h5-8H,3-4H2,1-2H3,(H,12,14). The molecule has 16 heavy (non-hydrogen) atoms. The Kier molecular flexibility index (Phi) is 5.66. The van der Waals surface area contributed by atoms with Crippen LogP contribution in [-0.4, -0.2) is 28.6 Å². The third-order valence-corrected chi connectivity index (χ3v) is 2.62. The van der Waals surface area contributed by atoms with Gasteiger partial charge in [-0.1, -0.05) is 6.07 Å². The molecule has 1 amide bonds. The average Bonchev–Trinajstić information content (AvgIpc) is 2.30. The zero-order chi connectivity index (χ0) is 11.8. The molecule has 0 aliphatic heterocycles. The van der Waals surface area contributed by atoms with E-state index in [2.05, 4.69) is 10.4 Å². The first-order valence-electron chi connectivity index (χ1n) is 5.06. The summed E-state index contributed by atoms with van der Waals surface area (Å²) in [5.41, 5.74) is 2.61. The van der Waals surface area contributed by atoms with Gasteiger partial charge in [-0.2, -0.15) is 4.41 Å². The van der Waals surface area contributed by atoms with Crippen LogP contribution in [0, 0.1) is 0 Å². The molecule has 0 radical (unpaired) electrons. The van der Waals surface area contributed by atoms with Gasteiger partial charge < -0.3 is 4.74 Å². The Labute approximate surface area is 99.3 Å². The van der Waals surface area contributed by atoms with Gasteiger partial charge in [-0.05, 0) is 37.9 Å². The van der Waals surface area contributed by atoms with Gasteiger partial charge in [0.25, 0.3) is 0 Å². The second-order valence-electron chi connectivity index (χ2n) is 2.79. The van der Waals surface area contributed by atoms with Gasteiger partial charge in [0, 0.05) is 12.7 Å². The van der Waals surface area contributed by atoms with Crippen LogP contribution in [0.2, 0.25) is 0 Å². The maximum atomic E-state index is 11.2. The van der Waals surface area contributed by atoms with E-state index in [0.29, 0.717) is 13.2 Å². The van der Waals surface area contributed by atoms with Crippen LogP contribution in [0.25, 0.3) is 0 Å². The number of carbonyl (C=O) groups is 1. The fourth-order valence-electron chi connectivity index (χ4n) is 0.946. The summed E-state index contributed by atoms with van der Waals surface area (Å²) >= 11 is 1.35. The van der Waals surface area contributed by atoms with Crippen molar-refractivity contribution in [3.63, 3.8) is 0 Å². The Morgan fingerprint density at radius 3 is 2.94 bits per heavy atom. The van der Waals surface area contributed by atoms with Crippen LogP contribution in [0.5, 0.6) is 0 Å². The topological polar surface area (TPSA) is 54.5 Å². The molecule has 0 fully saturated rings. The summed E-state index contributed by atoms with van der Waals surface area (Å²) in [6, 6.07) is 5.62. The highest BCUT2D eigenvalue weighted by atomic mass is 32.2. The van der Waals surface area contributed by atoms with Crippen molar-refractivity contribution in [2.75, 3.05) is 13.2 Å². The lowest BCUT2D eigenvalue weighted by Crippen LogP contribution is -2.37. The third kappa shape index (κ3) is 4.50. The summed E-state index contributed by atoms with van der Waals surface area (Å²) in [6.45, 7) is 4.71. The van der Waals surface area contributed by atoms with Gasteiger partial charge in [0.15, 0.2) is 0 Å². The smallest absolute Gasteiger partial charge is 0.422 e. The van der Waals surface area contributed by atoms with Gasteiger partial charge in [-0.3, -0.25) is 0 Å². The van der Waals surface area contributed by atoms with Gasteiger partial charge in [0.1, 0.15) is 5.03 Å². The largest absolute Gasteiger partial charge is 0.449 e. The van der Waals surface area contributed by atoms with E-state index < -0.39 is 6.09 Å². The molecular formula is C10H15N3O2S. The molecule has 0 aliphatic rings. The molecule has 0 unspecified atom stereocenters. The normalized spacial score (nSPS) is 10.2. The number of hydrogen-bond donors (Lipinski definition) is 1. The second-order valence-corrected chi connectivity index (χ2v) is 3.83. The highest BCUT2D eigenvalue weighted by Crippen LogP contribution is 2.17. The molecule has 1 aromatic rings. The molecule has 0 aliphatic carbocycles. The number of aromatic nitrogens is 1. The fourth-order valence-corrected chi connectivity index (χ4v) is 1.67. The summed E-state index contributed by atoms with van der Waals surface area (Å²) in [7, 11) is 0. The van der Waals surface area contributed by atoms with Crippen LogP contribution < -0.4 is 5.43 Å². The molecule has 88 valence electrons. The first-order valence-corrected chi connectivity index (χ1v) is 5.83. The summed E-state index contributed by atoms with van der Waals surface area (Å²) in [6.07, 6.45) is 1.26. The Bertz CT molecular complexity index is 321. The van der Waals surface area contributed by atoms with Crippen molar-refractivity contribution < 1.29 is 9.53 Å². The number of nitrogens with one attached hydrogen (secondary N) is 1. The molecule has 1 aromatic heterocycles. The number of ether oxygens (including phenoxy) is 1. The summed E-state index contributed by atoms with van der Waals surface area (Å²) in [4.78, 5) is 15.3. The molecule has 1 heterocycles. The molecule has 1 N–H and O–H groups in total. The zero-order valence-corrected chi connectivity index (χ0v) is 10.2. The first-order chi connectivity index (χ1) is 7.76. The second kappa shape index (κ2) is 7.08. The maximum absolute atomic E-state index is 11.2. The molecule has 0 atom stereocenters. The Morgan fingerprint density at radius 2 is 2.38 bits per heavy atom. The van der Waals surface area contributed by atoms with Crippen molar-refractivity contribution in [1.82, 2.24) is 14.8 Å². The lowest BCUT2D eigenvalue weighted by atomic mass is 10.5. The van der Waals surface area contributed by atoms with E-state index in [0.717, 1.165) is 5.03 Å². The zero-order valence-electron chi connectivity index (χ0n) is 9.34. The molecular weight excluding hydrogens is 226 g/mol. The van der Waals surface area contributed by atoms with E-state index in [1.807, 2.05) is 25.1 Å². The van der Waals surface area contributed by atoms with Crippen LogP contribution in [-0.2, 0) is 4.74 Å². The van der Waals surface area contributed by atoms with Crippen LogP contribution in [0.4, 0.5) is 4.79 Å². The van der Waals surface area contributed by atoms with E-state index in [4.69, 9.17) is 4.74 Å². The number of amides is 1. The Hall–Kier alpha value is -1.27. The fraction of sp³-hybridized carbons (Fsp3) is 0.400. The molecule has 0 saturated heterocycles. The lowest BCUT2D eigenvalue weighted by Gasteiger charge is -2.18. The third-order valence-electron chi connectivity index (χ3n) is 1.62. The Balaban J connectivity index is 2.46. The molecule has 0 saturated carbocycles. The SMILES string of the molecule is CCOC(=O)NN(CC)Sc1ccccn1. The van der Waals surface area contributed by atoms with E-state index >= 15 is 0 Å². The molecule has 0 bridgehead atoms. The van der Waals surface area contributed by atoms with E-state index in [-0.39, 0.29) is 0 Å². The van der Waals surface area contributed by atoms with Crippen LogP contribution in [0.1, 0.15) is 13.8 Å². The number of hydrazine groups is 1. The van der Waals surface area contributed by atoms with Gasteiger partial charge >= 0.3 is 6.09 Å². The quantitative estimate of drug-likeness (QED) is 0.631.